The highest BCUT2D eigenvalue weighted by Crippen LogP contribution is 2.20. The monoisotopic (exact) mass is 374 g/mol. The first-order valence-electron chi connectivity index (χ1n) is 8.62. The van der Waals surface area contributed by atoms with E-state index in [-0.39, 0.29) is 23.6 Å². The quantitative estimate of drug-likeness (QED) is 0.758. The minimum absolute atomic E-state index is 0.277. The van der Waals surface area contributed by atoms with Gasteiger partial charge in [0.1, 0.15) is 0 Å². The third kappa shape index (κ3) is 3.96. The molecule has 0 saturated carbocycles. The van der Waals surface area contributed by atoms with Gasteiger partial charge in [-0.05, 0) is 49.2 Å². The third-order valence-corrected chi connectivity index (χ3v) is 4.14. The first-order valence-corrected chi connectivity index (χ1v) is 8.62. The number of carbonyl (C=O) groups is 4. The number of imide groups is 2. The van der Waals surface area contributed by atoms with Crippen molar-refractivity contribution in [1.29, 1.82) is 0 Å². The average Bonchev–Trinajstić information content (AvgIpc) is 3.16. The Morgan fingerprint density at radius 3 is 1.14 bits per heavy atom. The van der Waals surface area contributed by atoms with Crippen LogP contribution < -0.4 is 9.80 Å². The number of nitrogens with zero attached hydrogens (tertiary/aromatic N) is 2. The molecule has 2 aromatic rings. The van der Waals surface area contributed by atoms with E-state index in [1.165, 1.54) is 24.3 Å². The zero-order valence-electron chi connectivity index (χ0n) is 15.5. The highest BCUT2D eigenvalue weighted by Gasteiger charge is 2.25. The summed E-state index contributed by atoms with van der Waals surface area (Å²) >= 11 is 0. The van der Waals surface area contributed by atoms with Gasteiger partial charge in [0.25, 0.3) is 23.6 Å². The molecule has 0 atom stereocenters. The van der Waals surface area contributed by atoms with Crippen LogP contribution >= 0.6 is 0 Å². The van der Waals surface area contributed by atoms with Crippen molar-refractivity contribution in [2.24, 2.45) is 0 Å². The molecular weight excluding hydrogens is 356 g/mol. The van der Waals surface area contributed by atoms with Crippen LogP contribution in [-0.4, -0.2) is 23.6 Å². The van der Waals surface area contributed by atoms with Crippen LogP contribution in [0.15, 0.2) is 72.8 Å². The lowest BCUT2D eigenvalue weighted by molar-refractivity contribution is -0.121. The molecule has 0 fully saturated rings. The Kier molecular flexibility index (Phi) is 5.31. The highest BCUT2D eigenvalue weighted by molar-refractivity contribution is 6.28. The normalized spacial score (nSPS) is 15.4. The summed E-state index contributed by atoms with van der Waals surface area (Å²) in [5.74, 6) is -1.11. The van der Waals surface area contributed by atoms with Gasteiger partial charge in [-0.25, -0.2) is 9.80 Å². The van der Waals surface area contributed by atoms with Gasteiger partial charge in [-0.3, -0.25) is 19.2 Å². The van der Waals surface area contributed by atoms with E-state index in [0.717, 1.165) is 20.9 Å². The van der Waals surface area contributed by atoms with Crippen molar-refractivity contribution in [1.82, 2.24) is 0 Å². The number of anilines is 2. The third-order valence-electron chi connectivity index (χ3n) is 4.14. The van der Waals surface area contributed by atoms with E-state index in [4.69, 9.17) is 0 Å². The van der Waals surface area contributed by atoms with Crippen molar-refractivity contribution in [3.8, 4) is 0 Å². The van der Waals surface area contributed by atoms with Gasteiger partial charge in [0.2, 0.25) is 0 Å². The number of hydrogen-bond donors (Lipinski definition) is 0. The molecule has 0 N–H and O–H groups in total. The molecule has 28 heavy (non-hydrogen) atoms. The molecule has 4 amide bonds. The summed E-state index contributed by atoms with van der Waals surface area (Å²) in [4.78, 5) is 47.6. The fraction of sp³-hybridized carbons (Fsp3) is 0.0909. The number of hydrogen-bond acceptors (Lipinski definition) is 4. The predicted molar refractivity (Wildman–Crippen MR) is 106 cm³/mol. The van der Waals surface area contributed by atoms with Crippen LogP contribution in [0.2, 0.25) is 0 Å². The number of rotatable bonds is 2. The largest absolute Gasteiger partial charge is 0.269 e. The zero-order chi connectivity index (χ0) is 20.3. The maximum absolute atomic E-state index is 11.3. The molecule has 2 aliphatic heterocycles. The van der Waals surface area contributed by atoms with Gasteiger partial charge >= 0.3 is 0 Å². The summed E-state index contributed by atoms with van der Waals surface area (Å²) in [5.41, 5.74) is 3.31. The summed E-state index contributed by atoms with van der Waals surface area (Å²) < 4.78 is 0. The minimum atomic E-state index is -0.277. The van der Waals surface area contributed by atoms with Crippen molar-refractivity contribution in [3.63, 3.8) is 0 Å². The Morgan fingerprint density at radius 2 is 0.857 bits per heavy atom. The molecule has 0 aliphatic carbocycles. The smallest absolute Gasteiger partial charge is 0.258 e. The Morgan fingerprint density at radius 1 is 0.536 bits per heavy atom. The van der Waals surface area contributed by atoms with E-state index in [1.54, 1.807) is 12.1 Å². The van der Waals surface area contributed by atoms with Crippen molar-refractivity contribution in [2.45, 2.75) is 13.8 Å². The summed E-state index contributed by atoms with van der Waals surface area (Å²) in [6.45, 7) is 3.84. The lowest BCUT2D eigenvalue weighted by atomic mass is 10.2. The van der Waals surface area contributed by atoms with Crippen molar-refractivity contribution in [2.75, 3.05) is 9.80 Å². The van der Waals surface area contributed by atoms with Crippen LogP contribution in [0.5, 0.6) is 0 Å². The second kappa shape index (κ2) is 7.84. The summed E-state index contributed by atoms with van der Waals surface area (Å²) in [6.07, 6.45) is 5.13. The maximum atomic E-state index is 11.3. The number of benzene rings is 2. The Hall–Kier alpha value is -3.80. The number of carbonyl (C=O) groups excluding carboxylic acids is 4. The van der Waals surface area contributed by atoms with Gasteiger partial charge < -0.3 is 0 Å². The fourth-order valence-electron chi connectivity index (χ4n) is 2.84. The van der Waals surface area contributed by atoms with Gasteiger partial charge in [-0.1, -0.05) is 24.3 Å². The van der Waals surface area contributed by atoms with Crippen molar-refractivity contribution >= 4 is 35.0 Å². The van der Waals surface area contributed by atoms with E-state index in [9.17, 15) is 19.2 Å². The number of aryl methyl sites for hydroxylation is 2. The van der Waals surface area contributed by atoms with Gasteiger partial charge in [0.15, 0.2) is 0 Å². The topological polar surface area (TPSA) is 74.8 Å². The molecule has 6 heteroatoms. The van der Waals surface area contributed by atoms with Crippen molar-refractivity contribution in [3.05, 3.63) is 84.0 Å². The Balaban J connectivity index is 0.000000161. The predicted octanol–water partition coefficient (Wildman–Crippen LogP) is 2.85. The molecule has 0 spiro atoms. The molecule has 2 aromatic carbocycles. The van der Waals surface area contributed by atoms with Crippen molar-refractivity contribution < 1.29 is 19.2 Å². The van der Waals surface area contributed by atoms with Crippen LogP contribution in [0.3, 0.4) is 0 Å². The molecule has 2 heterocycles. The minimum Gasteiger partial charge on any atom is -0.269 e. The van der Waals surface area contributed by atoms with E-state index >= 15 is 0 Å². The van der Waals surface area contributed by atoms with Gasteiger partial charge in [0, 0.05) is 24.3 Å². The second-order valence-corrected chi connectivity index (χ2v) is 6.37. The van der Waals surface area contributed by atoms with E-state index in [2.05, 4.69) is 0 Å². The summed E-state index contributed by atoms with van der Waals surface area (Å²) in [7, 11) is 0. The van der Waals surface area contributed by atoms with Gasteiger partial charge in [-0.15, -0.1) is 0 Å². The SMILES string of the molecule is Cc1cccc(N2C(=O)C=CC2=O)c1.Cc1cccc(N2C(=O)C=CC2=O)c1. The van der Waals surface area contributed by atoms with E-state index in [0.29, 0.717) is 11.4 Å². The lowest BCUT2D eigenvalue weighted by Gasteiger charge is -2.13. The van der Waals surface area contributed by atoms with Crippen LogP contribution in [0.1, 0.15) is 11.1 Å². The molecule has 0 aromatic heterocycles. The van der Waals surface area contributed by atoms with Crippen LogP contribution in [-0.2, 0) is 19.2 Å². The van der Waals surface area contributed by atoms with E-state index < -0.39 is 0 Å². The molecule has 0 unspecified atom stereocenters. The number of amides is 4. The van der Waals surface area contributed by atoms with Crippen LogP contribution in [0.25, 0.3) is 0 Å². The molecule has 6 nitrogen and oxygen atoms in total. The summed E-state index contributed by atoms with van der Waals surface area (Å²) in [6, 6.07) is 14.6. The maximum Gasteiger partial charge on any atom is 0.258 e. The second-order valence-electron chi connectivity index (χ2n) is 6.37. The Labute approximate surface area is 162 Å². The molecule has 4 rings (SSSR count). The molecule has 0 radical (unpaired) electrons. The highest BCUT2D eigenvalue weighted by atomic mass is 16.2. The lowest BCUT2D eigenvalue weighted by Crippen LogP contribution is -2.29. The van der Waals surface area contributed by atoms with Gasteiger partial charge in [0.05, 0.1) is 11.4 Å². The average molecular weight is 374 g/mol. The molecule has 2 aliphatic rings. The van der Waals surface area contributed by atoms with E-state index in [1.807, 2.05) is 50.2 Å². The summed E-state index contributed by atoms with van der Waals surface area (Å²) in [5, 5.41) is 0. The zero-order valence-corrected chi connectivity index (χ0v) is 15.5. The van der Waals surface area contributed by atoms with Crippen LogP contribution in [0, 0.1) is 13.8 Å². The fourth-order valence-corrected chi connectivity index (χ4v) is 2.84. The molecular formula is C22H18N2O4. The van der Waals surface area contributed by atoms with Gasteiger partial charge in [-0.2, -0.15) is 0 Å². The molecule has 140 valence electrons. The van der Waals surface area contributed by atoms with Crippen LogP contribution in [0.4, 0.5) is 11.4 Å². The molecule has 0 saturated heterocycles. The first kappa shape index (κ1) is 19.0. The standard InChI is InChI=1S/2C11H9NO2/c2*1-8-3-2-4-9(7-8)12-10(13)5-6-11(12)14/h2*2-7H,1H3. The first-order chi connectivity index (χ1) is 13.4. The molecule has 0 bridgehead atoms. The Bertz CT molecular complexity index is 917.